The molecule has 0 amide bonds. The number of nitrogens with two attached hydrogens (primary N) is 1. The molecule has 1 aromatic heterocycles. The van der Waals surface area contributed by atoms with Gasteiger partial charge in [0.1, 0.15) is 0 Å². The first-order valence-electron chi connectivity index (χ1n) is 7.57. The van der Waals surface area contributed by atoms with Gasteiger partial charge in [0.2, 0.25) is 10.0 Å². The van der Waals surface area contributed by atoms with Crippen LogP contribution in [0.1, 0.15) is 22.9 Å². The van der Waals surface area contributed by atoms with Crippen LogP contribution in [0.25, 0.3) is 0 Å². The Balaban J connectivity index is 2.01. The molecular formula is C16H22N4O2S2. The Bertz CT molecular complexity index is 796. The summed E-state index contributed by atoms with van der Waals surface area (Å²) in [6.45, 7) is 6.03. The number of aliphatic imine (C=N–C) groups is 1. The number of nitrogens with one attached hydrogen (secondary N) is 2. The Hall–Kier alpha value is -1.90. The first-order chi connectivity index (χ1) is 11.4. The normalized spacial score (nSPS) is 12.2. The highest BCUT2D eigenvalue weighted by Gasteiger charge is 2.07. The molecule has 2 aromatic rings. The molecule has 6 nitrogen and oxygen atoms in total. The van der Waals surface area contributed by atoms with Gasteiger partial charge in [-0.2, -0.15) is 0 Å². The summed E-state index contributed by atoms with van der Waals surface area (Å²) in [7, 11) is -3.66. The molecule has 8 heteroatoms. The van der Waals surface area contributed by atoms with Crippen LogP contribution in [-0.2, 0) is 23.1 Å². The van der Waals surface area contributed by atoms with Crippen LogP contribution >= 0.6 is 11.3 Å². The molecule has 130 valence electrons. The van der Waals surface area contributed by atoms with Crippen molar-refractivity contribution in [1.82, 2.24) is 10.6 Å². The van der Waals surface area contributed by atoms with Crippen molar-refractivity contribution < 1.29 is 8.42 Å². The average Bonchev–Trinajstić information content (AvgIpc) is 2.95. The molecule has 0 unspecified atom stereocenters. The van der Waals surface area contributed by atoms with Crippen molar-refractivity contribution in [2.45, 2.75) is 31.8 Å². The lowest BCUT2D eigenvalue weighted by molar-refractivity contribution is 0.598. The van der Waals surface area contributed by atoms with Crippen LogP contribution in [0.5, 0.6) is 0 Å². The number of sulfonamides is 1. The van der Waals surface area contributed by atoms with E-state index < -0.39 is 10.0 Å². The van der Waals surface area contributed by atoms with E-state index in [0.29, 0.717) is 6.54 Å². The Labute approximate surface area is 146 Å². The van der Waals surface area contributed by atoms with Crippen LogP contribution in [0.4, 0.5) is 0 Å². The van der Waals surface area contributed by atoms with E-state index in [4.69, 9.17) is 5.14 Å². The maximum Gasteiger partial charge on any atom is 0.238 e. The first-order valence-corrected chi connectivity index (χ1v) is 9.99. The third-order valence-electron chi connectivity index (χ3n) is 3.40. The Morgan fingerprint density at radius 2 is 1.92 bits per heavy atom. The highest BCUT2D eigenvalue weighted by molar-refractivity contribution is 7.89. The molecule has 2 rings (SSSR count). The van der Waals surface area contributed by atoms with E-state index in [1.54, 1.807) is 23.5 Å². The number of primary sulfonamides is 1. The molecule has 0 bridgehead atoms. The van der Waals surface area contributed by atoms with Crippen molar-refractivity contribution in [3.63, 3.8) is 0 Å². The van der Waals surface area contributed by atoms with Crippen molar-refractivity contribution in [3.05, 3.63) is 51.7 Å². The van der Waals surface area contributed by atoms with Crippen molar-refractivity contribution in [1.29, 1.82) is 0 Å². The van der Waals surface area contributed by atoms with Gasteiger partial charge in [0, 0.05) is 11.4 Å². The van der Waals surface area contributed by atoms with E-state index >= 15 is 0 Å². The standard InChI is InChI=1S/C16H22N4O2S2/c1-3-18-16(20-11-15-12(2)8-9-23-15)19-10-13-4-6-14(7-5-13)24(17,21)22/h4-9H,3,10-11H2,1-2H3,(H2,17,21,22)(H2,18,19,20). The lowest BCUT2D eigenvalue weighted by Gasteiger charge is -2.11. The molecule has 0 atom stereocenters. The molecular weight excluding hydrogens is 344 g/mol. The fourth-order valence-electron chi connectivity index (χ4n) is 2.05. The van der Waals surface area contributed by atoms with E-state index in [1.807, 2.05) is 6.92 Å². The molecule has 0 spiro atoms. The number of hydrogen-bond donors (Lipinski definition) is 3. The number of rotatable bonds is 6. The number of aryl methyl sites for hydroxylation is 1. The zero-order valence-electron chi connectivity index (χ0n) is 13.7. The fraction of sp³-hybridized carbons (Fsp3) is 0.312. The Morgan fingerprint density at radius 3 is 2.46 bits per heavy atom. The topological polar surface area (TPSA) is 96.6 Å². The summed E-state index contributed by atoms with van der Waals surface area (Å²) in [6, 6.07) is 8.52. The summed E-state index contributed by atoms with van der Waals surface area (Å²) in [4.78, 5) is 5.90. The van der Waals surface area contributed by atoms with Gasteiger partial charge < -0.3 is 10.6 Å². The summed E-state index contributed by atoms with van der Waals surface area (Å²) >= 11 is 1.71. The average molecular weight is 367 g/mol. The van der Waals surface area contributed by atoms with Gasteiger partial charge in [0.25, 0.3) is 0 Å². The summed E-state index contributed by atoms with van der Waals surface area (Å²) in [6.07, 6.45) is 0. The molecule has 0 aliphatic heterocycles. The lowest BCUT2D eigenvalue weighted by Crippen LogP contribution is -2.36. The first kappa shape index (κ1) is 18.4. The minimum absolute atomic E-state index is 0.105. The van der Waals surface area contributed by atoms with Crippen LogP contribution in [0.2, 0.25) is 0 Å². The molecule has 0 radical (unpaired) electrons. The van der Waals surface area contributed by atoms with Gasteiger partial charge in [-0.05, 0) is 48.6 Å². The SMILES string of the molecule is CCNC(=NCc1ccc(S(N)(=O)=O)cc1)NCc1sccc1C. The minimum Gasteiger partial charge on any atom is -0.357 e. The van der Waals surface area contributed by atoms with E-state index in [-0.39, 0.29) is 4.90 Å². The monoisotopic (exact) mass is 366 g/mol. The second-order valence-electron chi connectivity index (χ2n) is 5.26. The van der Waals surface area contributed by atoms with Gasteiger partial charge in [-0.3, -0.25) is 0 Å². The summed E-state index contributed by atoms with van der Waals surface area (Å²) in [5, 5.41) is 13.7. The van der Waals surface area contributed by atoms with Gasteiger partial charge >= 0.3 is 0 Å². The van der Waals surface area contributed by atoms with Gasteiger partial charge in [-0.25, -0.2) is 18.5 Å². The van der Waals surface area contributed by atoms with Crippen LogP contribution in [0, 0.1) is 6.92 Å². The molecule has 0 saturated heterocycles. The van der Waals surface area contributed by atoms with Gasteiger partial charge in [-0.15, -0.1) is 11.3 Å². The predicted octanol–water partition coefficient (Wildman–Crippen LogP) is 1.96. The van der Waals surface area contributed by atoms with Crippen molar-refractivity contribution in [2.75, 3.05) is 6.54 Å². The van der Waals surface area contributed by atoms with E-state index in [0.717, 1.165) is 24.6 Å². The second kappa shape index (κ2) is 8.27. The lowest BCUT2D eigenvalue weighted by atomic mass is 10.2. The third-order valence-corrected chi connectivity index (χ3v) is 5.35. The number of thiophene rings is 1. The van der Waals surface area contributed by atoms with E-state index in [1.165, 1.54) is 22.6 Å². The van der Waals surface area contributed by atoms with Crippen molar-refractivity contribution in [2.24, 2.45) is 10.1 Å². The second-order valence-corrected chi connectivity index (χ2v) is 7.83. The Kier molecular flexibility index (Phi) is 6.36. The zero-order chi connectivity index (χ0) is 17.6. The van der Waals surface area contributed by atoms with Gasteiger partial charge in [0.15, 0.2) is 5.96 Å². The number of hydrogen-bond acceptors (Lipinski definition) is 4. The number of guanidine groups is 1. The maximum absolute atomic E-state index is 11.3. The zero-order valence-corrected chi connectivity index (χ0v) is 15.4. The van der Waals surface area contributed by atoms with Gasteiger partial charge in [-0.1, -0.05) is 12.1 Å². The fourth-order valence-corrected chi connectivity index (χ4v) is 3.41. The third kappa shape index (κ3) is 5.33. The van der Waals surface area contributed by atoms with Crippen LogP contribution in [0.3, 0.4) is 0 Å². The summed E-state index contributed by atoms with van der Waals surface area (Å²) in [5.41, 5.74) is 2.17. The highest BCUT2D eigenvalue weighted by atomic mass is 32.2. The highest BCUT2D eigenvalue weighted by Crippen LogP contribution is 2.14. The quantitative estimate of drug-likeness (QED) is 0.538. The number of benzene rings is 1. The Morgan fingerprint density at radius 1 is 1.21 bits per heavy atom. The minimum atomic E-state index is -3.66. The van der Waals surface area contributed by atoms with Crippen LogP contribution in [-0.4, -0.2) is 20.9 Å². The van der Waals surface area contributed by atoms with E-state index in [9.17, 15) is 8.42 Å². The van der Waals surface area contributed by atoms with Crippen LogP contribution in [0.15, 0.2) is 45.6 Å². The predicted molar refractivity (Wildman–Crippen MR) is 98.5 cm³/mol. The smallest absolute Gasteiger partial charge is 0.238 e. The molecule has 1 aromatic carbocycles. The molecule has 4 N–H and O–H groups in total. The van der Waals surface area contributed by atoms with Crippen molar-refractivity contribution in [3.8, 4) is 0 Å². The largest absolute Gasteiger partial charge is 0.357 e. The van der Waals surface area contributed by atoms with Gasteiger partial charge in [0.05, 0.1) is 18.0 Å². The van der Waals surface area contributed by atoms with Crippen LogP contribution < -0.4 is 15.8 Å². The molecule has 1 heterocycles. The molecule has 0 aliphatic carbocycles. The van der Waals surface area contributed by atoms with Crippen molar-refractivity contribution >= 4 is 27.3 Å². The molecule has 0 saturated carbocycles. The maximum atomic E-state index is 11.3. The molecule has 0 fully saturated rings. The number of nitrogens with zero attached hydrogens (tertiary/aromatic N) is 1. The summed E-state index contributed by atoms with van der Waals surface area (Å²) < 4.78 is 22.5. The van der Waals surface area contributed by atoms with E-state index in [2.05, 4.69) is 34.0 Å². The molecule has 0 aliphatic rings. The summed E-state index contributed by atoms with van der Waals surface area (Å²) in [5.74, 6) is 0.723. The molecule has 24 heavy (non-hydrogen) atoms.